The summed E-state index contributed by atoms with van der Waals surface area (Å²) in [7, 11) is 3.11. The van der Waals surface area contributed by atoms with Crippen molar-refractivity contribution in [2.24, 2.45) is 0 Å². The van der Waals surface area contributed by atoms with Gasteiger partial charge in [0.25, 0.3) is 0 Å². The van der Waals surface area contributed by atoms with Crippen molar-refractivity contribution in [1.82, 2.24) is 21.3 Å². The molecule has 0 radical (unpaired) electrons. The maximum Gasteiger partial charge on any atom is 0.314 e. The van der Waals surface area contributed by atoms with E-state index >= 15 is 0 Å². The fourth-order valence-corrected chi connectivity index (χ4v) is 2.19. The molecular weight excluding hydrogens is 308 g/mol. The van der Waals surface area contributed by atoms with E-state index in [0.29, 0.717) is 32.4 Å². The lowest BCUT2D eigenvalue weighted by Gasteiger charge is -2.11. The third-order valence-electron chi connectivity index (χ3n) is 3.56. The van der Waals surface area contributed by atoms with Gasteiger partial charge in [0, 0.05) is 40.0 Å². The molecule has 1 rings (SSSR count). The number of carbonyl (C=O) groups is 3. The summed E-state index contributed by atoms with van der Waals surface area (Å²) < 4.78 is 0. The molecule has 7 heteroatoms. The first kappa shape index (κ1) is 19.5. The molecule has 0 atom stereocenters. The van der Waals surface area contributed by atoms with Crippen molar-refractivity contribution in [2.45, 2.75) is 39.3 Å². The van der Waals surface area contributed by atoms with Crippen molar-refractivity contribution in [3.8, 4) is 0 Å². The molecule has 0 aromatic heterocycles. The summed E-state index contributed by atoms with van der Waals surface area (Å²) in [6.45, 7) is 2.61. The van der Waals surface area contributed by atoms with E-state index in [-0.39, 0.29) is 17.8 Å². The van der Waals surface area contributed by atoms with Crippen LogP contribution in [0.1, 0.15) is 36.5 Å². The number of nitrogens with one attached hydrogen (secondary N) is 4. The normalized spacial score (nSPS) is 9.96. The van der Waals surface area contributed by atoms with Crippen LogP contribution in [-0.2, 0) is 24.3 Å². The highest BCUT2D eigenvalue weighted by Gasteiger charge is 2.06. The number of benzene rings is 1. The molecule has 0 bridgehead atoms. The van der Waals surface area contributed by atoms with Gasteiger partial charge in [-0.15, -0.1) is 0 Å². The molecule has 4 amide bonds. The summed E-state index contributed by atoms with van der Waals surface area (Å²) in [5.74, 6) is 0.217. The van der Waals surface area contributed by atoms with Crippen LogP contribution in [0.5, 0.6) is 0 Å². The number of carbonyl (C=O) groups excluding carboxylic acids is 3. The monoisotopic (exact) mass is 334 g/mol. The number of hydrogen-bond donors (Lipinski definition) is 4. The van der Waals surface area contributed by atoms with E-state index in [1.807, 2.05) is 25.1 Å². The van der Waals surface area contributed by atoms with Gasteiger partial charge in [0.05, 0.1) is 0 Å². The molecule has 0 spiro atoms. The number of aryl methyl sites for hydroxylation is 1. The van der Waals surface area contributed by atoms with Gasteiger partial charge in [0.15, 0.2) is 0 Å². The second kappa shape index (κ2) is 10.3. The summed E-state index contributed by atoms with van der Waals surface area (Å²) in [5, 5.41) is 10.5. The Labute approximate surface area is 142 Å². The lowest BCUT2D eigenvalue weighted by atomic mass is 10.0. The van der Waals surface area contributed by atoms with E-state index in [9.17, 15) is 14.4 Å². The van der Waals surface area contributed by atoms with Gasteiger partial charge in [-0.1, -0.05) is 25.1 Å². The maximum absolute atomic E-state index is 11.5. The van der Waals surface area contributed by atoms with Crippen LogP contribution in [0.4, 0.5) is 9.59 Å². The Morgan fingerprint density at radius 3 is 1.71 bits per heavy atom. The first-order valence-corrected chi connectivity index (χ1v) is 8.03. The number of amides is 4. The third kappa shape index (κ3) is 7.13. The molecule has 7 nitrogen and oxygen atoms in total. The molecule has 0 fully saturated rings. The van der Waals surface area contributed by atoms with Crippen molar-refractivity contribution in [3.63, 3.8) is 0 Å². The van der Waals surface area contributed by atoms with Crippen molar-refractivity contribution in [2.75, 3.05) is 14.1 Å². The van der Waals surface area contributed by atoms with Crippen LogP contribution in [0.3, 0.4) is 0 Å². The van der Waals surface area contributed by atoms with Crippen molar-refractivity contribution >= 4 is 17.8 Å². The van der Waals surface area contributed by atoms with Gasteiger partial charge in [-0.2, -0.15) is 0 Å². The Hall–Kier alpha value is -2.57. The summed E-state index contributed by atoms with van der Waals surface area (Å²) in [6.07, 6.45) is 1.67. The Kier molecular flexibility index (Phi) is 8.32. The summed E-state index contributed by atoms with van der Waals surface area (Å²) in [6, 6.07) is 5.36. The third-order valence-corrected chi connectivity index (χ3v) is 3.56. The zero-order valence-electron chi connectivity index (χ0n) is 14.5. The molecule has 4 N–H and O–H groups in total. The molecule has 1 aromatic carbocycles. The molecule has 0 saturated heterocycles. The van der Waals surface area contributed by atoms with Crippen LogP contribution < -0.4 is 21.3 Å². The Balaban J connectivity index is 2.84. The van der Waals surface area contributed by atoms with E-state index in [1.165, 1.54) is 0 Å². The molecule has 132 valence electrons. The van der Waals surface area contributed by atoms with Gasteiger partial charge < -0.3 is 21.3 Å². The van der Waals surface area contributed by atoms with Crippen molar-refractivity contribution in [1.29, 1.82) is 0 Å². The van der Waals surface area contributed by atoms with Crippen LogP contribution in [-0.4, -0.2) is 31.9 Å². The molecule has 0 unspecified atom stereocenters. The molecule has 24 heavy (non-hydrogen) atoms. The lowest BCUT2D eigenvalue weighted by molar-refractivity contribution is -0.118. The summed E-state index contributed by atoms with van der Waals surface area (Å²) in [5.41, 5.74) is 2.87. The highest BCUT2D eigenvalue weighted by Crippen LogP contribution is 2.13. The summed E-state index contributed by atoms with van der Waals surface area (Å²) >= 11 is 0. The van der Waals surface area contributed by atoms with Gasteiger partial charge in [-0.25, -0.2) is 9.59 Å². The van der Waals surface area contributed by atoms with Gasteiger partial charge >= 0.3 is 12.1 Å². The topological polar surface area (TPSA) is 99.3 Å². The maximum atomic E-state index is 11.5. The predicted molar refractivity (Wildman–Crippen MR) is 92.7 cm³/mol. The smallest absolute Gasteiger partial charge is 0.314 e. The van der Waals surface area contributed by atoms with Crippen molar-refractivity contribution in [3.05, 3.63) is 34.9 Å². The fourth-order valence-electron chi connectivity index (χ4n) is 2.19. The average molecular weight is 334 g/mol. The quantitative estimate of drug-likeness (QED) is 0.579. The Bertz CT molecular complexity index is 494. The van der Waals surface area contributed by atoms with Crippen LogP contribution in [0.15, 0.2) is 18.2 Å². The first-order chi connectivity index (χ1) is 11.5. The number of urea groups is 2. The van der Waals surface area contributed by atoms with Crippen LogP contribution >= 0.6 is 0 Å². The fraction of sp³-hybridized carbons (Fsp3) is 0.471. The minimum Gasteiger partial charge on any atom is -0.341 e. The van der Waals surface area contributed by atoms with E-state index in [4.69, 9.17) is 0 Å². The highest BCUT2D eigenvalue weighted by atomic mass is 16.2. The Morgan fingerprint density at radius 2 is 1.29 bits per heavy atom. The molecular formula is C17H26N4O3. The number of Topliss-reactive ketones (excluding diaryl/α,β-unsaturated/α-hetero) is 1. The Morgan fingerprint density at radius 1 is 0.833 bits per heavy atom. The zero-order chi connectivity index (χ0) is 17.9. The lowest BCUT2D eigenvalue weighted by Crippen LogP contribution is -2.33. The molecule has 0 aliphatic carbocycles. The number of ketones is 1. The first-order valence-electron chi connectivity index (χ1n) is 8.03. The van der Waals surface area contributed by atoms with Gasteiger partial charge in [0.2, 0.25) is 0 Å². The van der Waals surface area contributed by atoms with Crippen LogP contribution in [0.2, 0.25) is 0 Å². The minimum atomic E-state index is -0.258. The molecule has 1 aromatic rings. The minimum absolute atomic E-state index is 0.217. The van der Waals surface area contributed by atoms with E-state index < -0.39 is 0 Å². The van der Waals surface area contributed by atoms with Gasteiger partial charge in [-0.3, -0.25) is 4.79 Å². The highest BCUT2D eigenvalue weighted by molar-refractivity contribution is 5.78. The van der Waals surface area contributed by atoms with E-state index in [0.717, 1.165) is 16.7 Å². The van der Waals surface area contributed by atoms with E-state index in [1.54, 1.807) is 14.1 Å². The second-order valence-electron chi connectivity index (χ2n) is 5.42. The van der Waals surface area contributed by atoms with Gasteiger partial charge in [-0.05, 0) is 23.1 Å². The largest absolute Gasteiger partial charge is 0.341 e. The van der Waals surface area contributed by atoms with Crippen LogP contribution in [0, 0.1) is 0 Å². The summed E-state index contributed by atoms with van der Waals surface area (Å²) in [4.78, 5) is 34.2. The van der Waals surface area contributed by atoms with Crippen molar-refractivity contribution < 1.29 is 14.4 Å². The van der Waals surface area contributed by atoms with Gasteiger partial charge in [0.1, 0.15) is 5.78 Å². The predicted octanol–water partition coefficient (Wildman–Crippen LogP) is 1.46. The van der Waals surface area contributed by atoms with E-state index in [2.05, 4.69) is 21.3 Å². The molecule has 0 heterocycles. The zero-order valence-corrected chi connectivity index (χ0v) is 14.5. The number of hydrogen-bond acceptors (Lipinski definition) is 3. The average Bonchev–Trinajstić information content (AvgIpc) is 2.61. The standard InChI is InChI=1S/C17H26N4O3/c1-4-15(22)6-5-12-7-13(10-20-16(23)18-2)9-14(8-12)11-21-17(24)19-3/h7-9H,4-6,10-11H2,1-3H3,(H2,18,20,23)(H2,19,21,24). The van der Waals surface area contributed by atoms with Crippen LogP contribution in [0.25, 0.3) is 0 Å². The SMILES string of the molecule is CCC(=O)CCc1cc(CNC(=O)NC)cc(CNC(=O)NC)c1. The number of rotatable bonds is 8. The second-order valence-corrected chi connectivity index (χ2v) is 5.42. The molecule has 0 aliphatic heterocycles. The molecule has 0 saturated carbocycles. The molecule has 0 aliphatic rings.